The van der Waals surface area contributed by atoms with Crippen LogP contribution in [0.1, 0.15) is 23.2 Å². The van der Waals surface area contributed by atoms with Gasteiger partial charge in [0.25, 0.3) is 5.91 Å². The number of amides is 1. The summed E-state index contributed by atoms with van der Waals surface area (Å²) >= 11 is 0. The van der Waals surface area contributed by atoms with Crippen LogP contribution in [0.4, 0.5) is 13.2 Å². The number of benzene rings is 1. The van der Waals surface area contributed by atoms with Crippen LogP contribution in [0.2, 0.25) is 0 Å². The molecular weight excluding hydrogens is 473 g/mol. The monoisotopic (exact) mass is 494 g/mol. The smallest absolute Gasteiger partial charge is 0.481 e. The van der Waals surface area contributed by atoms with Gasteiger partial charge in [-0.25, -0.2) is 18.1 Å². The Morgan fingerprint density at radius 1 is 1.15 bits per heavy atom. The standard InChI is InChI=1S/C22H21F3N4O4S/c1-33-20-12-15(6-8-27-20)14-4-5-19-18(11-14)17(7-9-26-19)21(30)29-10-2-3-16(29)13-28-34(31,32)22(23,24)25/h4-9,11-12,16,28H,2-3,10,13H2,1H3/t16-/m0/s1. The minimum atomic E-state index is -5.49. The van der Waals surface area contributed by atoms with Gasteiger partial charge in [-0.3, -0.25) is 9.78 Å². The molecule has 3 heterocycles. The quantitative estimate of drug-likeness (QED) is 0.564. The molecule has 4 rings (SSSR count). The Balaban J connectivity index is 1.64. The van der Waals surface area contributed by atoms with Gasteiger partial charge in [-0.05, 0) is 48.2 Å². The molecule has 180 valence electrons. The Hall–Kier alpha value is -3.25. The molecule has 0 unspecified atom stereocenters. The van der Waals surface area contributed by atoms with Crippen molar-refractivity contribution in [3.05, 3.63) is 54.4 Å². The lowest BCUT2D eigenvalue weighted by Gasteiger charge is -2.25. The maximum Gasteiger partial charge on any atom is 0.511 e. The van der Waals surface area contributed by atoms with E-state index in [-0.39, 0.29) is 0 Å². The molecule has 0 radical (unpaired) electrons. The predicted molar refractivity (Wildman–Crippen MR) is 119 cm³/mol. The third-order valence-corrected chi connectivity index (χ3v) is 6.86. The highest BCUT2D eigenvalue weighted by atomic mass is 32.2. The number of methoxy groups -OCH3 is 1. The SMILES string of the molecule is COc1cc(-c2ccc3nccc(C(=O)N4CCC[C@H]4CNS(=O)(=O)C(F)(F)F)c3c2)ccn1. The number of nitrogens with one attached hydrogen (secondary N) is 1. The van der Waals surface area contributed by atoms with Crippen molar-refractivity contribution < 1.29 is 31.1 Å². The van der Waals surface area contributed by atoms with Crippen molar-refractivity contribution in [3.63, 3.8) is 0 Å². The minimum absolute atomic E-state index is 0.308. The molecule has 0 saturated carbocycles. The van der Waals surface area contributed by atoms with Crippen molar-refractivity contribution >= 4 is 26.8 Å². The highest BCUT2D eigenvalue weighted by Crippen LogP contribution is 2.29. The Labute approximate surface area is 193 Å². The van der Waals surface area contributed by atoms with E-state index in [1.807, 2.05) is 12.1 Å². The number of sulfonamides is 1. The number of likely N-dealkylation sites (tertiary alicyclic amines) is 1. The first kappa shape index (κ1) is 23.9. The normalized spacial score (nSPS) is 16.7. The Kier molecular flexibility index (Phi) is 6.45. The topological polar surface area (TPSA) is 101 Å². The first-order valence-electron chi connectivity index (χ1n) is 10.4. The zero-order valence-corrected chi connectivity index (χ0v) is 18.9. The third-order valence-electron chi connectivity index (χ3n) is 5.70. The zero-order chi connectivity index (χ0) is 24.5. The Bertz CT molecular complexity index is 1330. The summed E-state index contributed by atoms with van der Waals surface area (Å²) in [4.78, 5) is 23.2. The summed E-state index contributed by atoms with van der Waals surface area (Å²) in [7, 11) is -3.98. The predicted octanol–water partition coefficient (Wildman–Crippen LogP) is 3.35. The molecule has 0 aliphatic carbocycles. The van der Waals surface area contributed by atoms with E-state index in [2.05, 4.69) is 9.97 Å². The number of alkyl halides is 3. The molecule has 1 saturated heterocycles. The van der Waals surface area contributed by atoms with Gasteiger partial charge in [0.2, 0.25) is 5.88 Å². The van der Waals surface area contributed by atoms with Crippen LogP contribution in [0.3, 0.4) is 0 Å². The van der Waals surface area contributed by atoms with Crippen molar-refractivity contribution in [1.82, 2.24) is 19.6 Å². The van der Waals surface area contributed by atoms with Crippen LogP contribution < -0.4 is 9.46 Å². The lowest BCUT2D eigenvalue weighted by molar-refractivity contribution is -0.0448. The third kappa shape index (κ3) is 4.68. The van der Waals surface area contributed by atoms with Gasteiger partial charge in [0.05, 0.1) is 18.2 Å². The first-order chi connectivity index (χ1) is 16.1. The second kappa shape index (κ2) is 9.18. The highest BCUT2D eigenvalue weighted by Gasteiger charge is 2.46. The van der Waals surface area contributed by atoms with Gasteiger partial charge in [0, 0.05) is 43.0 Å². The second-order valence-electron chi connectivity index (χ2n) is 7.77. The molecular formula is C22H21F3N4O4S. The first-order valence-corrected chi connectivity index (χ1v) is 11.8. The Morgan fingerprint density at radius 3 is 2.62 bits per heavy atom. The molecule has 1 amide bonds. The number of hydrogen-bond donors (Lipinski definition) is 1. The second-order valence-corrected chi connectivity index (χ2v) is 9.53. The molecule has 1 fully saturated rings. The number of carbonyl (C=O) groups is 1. The number of rotatable bonds is 6. The van der Waals surface area contributed by atoms with E-state index in [1.165, 1.54) is 18.2 Å². The van der Waals surface area contributed by atoms with Gasteiger partial charge >= 0.3 is 15.5 Å². The van der Waals surface area contributed by atoms with Gasteiger partial charge < -0.3 is 9.64 Å². The number of fused-ring (bicyclic) bond motifs is 1. The molecule has 1 atom stereocenters. The van der Waals surface area contributed by atoms with Gasteiger partial charge in [-0.15, -0.1) is 0 Å². The summed E-state index contributed by atoms with van der Waals surface area (Å²) in [5, 5.41) is 0.572. The summed E-state index contributed by atoms with van der Waals surface area (Å²) in [6, 6.07) is 9.84. The molecule has 12 heteroatoms. The summed E-state index contributed by atoms with van der Waals surface area (Å²) in [6.07, 6.45) is 4.03. The summed E-state index contributed by atoms with van der Waals surface area (Å²) in [6.45, 7) is -0.207. The van der Waals surface area contributed by atoms with Crippen molar-refractivity contribution in [1.29, 1.82) is 0 Å². The number of carbonyl (C=O) groups excluding carboxylic acids is 1. The van der Waals surface area contributed by atoms with Gasteiger partial charge in [-0.2, -0.15) is 13.2 Å². The van der Waals surface area contributed by atoms with Crippen LogP contribution in [0.15, 0.2) is 48.8 Å². The molecule has 0 spiro atoms. The van der Waals surface area contributed by atoms with Gasteiger partial charge in [-0.1, -0.05) is 6.07 Å². The number of halogens is 3. The molecule has 1 N–H and O–H groups in total. The molecule has 1 aliphatic rings. The molecule has 34 heavy (non-hydrogen) atoms. The lowest BCUT2D eigenvalue weighted by atomic mass is 10.0. The summed E-state index contributed by atoms with van der Waals surface area (Å²) in [5.41, 5.74) is -2.89. The lowest BCUT2D eigenvalue weighted by Crippen LogP contribution is -2.46. The van der Waals surface area contributed by atoms with Gasteiger partial charge in [0.15, 0.2) is 0 Å². The fourth-order valence-corrected chi connectivity index (χ4v) is 4.55. The summed E-state index contributed by atoms with van der Waals surface area (Å²) < 4.78 is 67.6. The fourth-order valence-electron chi connectivity index (χ4n) is 3.97. The van der Waals surface area contributed by atoms with E-state index in [0.29, 0.717) is 41.7 Å². The number of ether oxygens (including phenoxy) is 1. The van der Waals surface area contributed by atoms with E-state index < -0.39 is 34.0 Å². The largest absolute Gasteiger partial charge is 0.511 e. The van der Waals surface area contributed by atoms with Crippen LogP contribution in [0.25, 0.3) is 22.0 Å². The van der Waals surface area contributed by atoms with Crippen LogP contribution in [0.5, 0.6) is 5.88 Å². The molecule has 0 bridgehead atoms. The maximum atomic E-state index is 13.4. The van der Waals surface area contributed by atoms with Crippen molar-refractivity contribution in [2.45, 2.75) is 24.4 Å². The van der Waals surface area contributed by atoms with Crippen LogP contribution in [-0.2, 0) is 10.0 Å². The van der Waals surface area contributed by atoms with E-state index in [0.717, 1.165) is 11.1 Å². The van der Waals surface area contributed by atoms with E-state index >= 15 is 0 Å². The van der Waals surface area contributed by atoms with Crippen LogP contribution >= 0.6 is 0 Å². The van der Waals surface area contributed by atoms with Crippen molar-refractivity contribution in [2.24, 2.45) is 0 Å². The van der Waals surface area contributed by atoms with Crippen molar-refractivity contribution in [2.75, 3.05) is 20.2 Å². The van der Waals surface area contributed by atoms with E-state index in [1.54, 1.807) is 35.2 Å². The van der Waals surface area contributed by atoms with Crippen LogP contribution in [0, 0.1) is 0 Å². The molecule has 1 aromatic carbocycles. The van der Waals surface area contributed by atoms with E-state index in [9.17, 15) is 26.4 Å². The average Bonchev–Trinajstić information content (AvgIpc) is 3.29. The van der Waals surface area contributed by atoms with Gasteiger partial charge in [0.1, 0.15) is 0 Å². The molecule has 8 nitrogen and oxygen atoms in total. The minimum Gasteiger partial charge on any atom is -0.481 e. The molecule has 2 aromatic heterocycles. The highest BCUT2D eigenvalue weighted by molar-refractivity contribution is 7.90. The van der Waals surface area contributed by atoms with Crippen LogP contribution in [-0.4, -0.2) is 60.9 Å². The maximum absolute atomic E-state index is 13.4. The fraction of sp³-hybridized carbons (Fsp3) is 0.318. The number of aromatic nitrogens is 2. The Morgan fingerprint density at radius 2 is 1.88 bits per heavy atom. The molecule has 1 aliphatic heterocycles. The summed E-state index contributed by atoms with van der Waals surface area (Å²) in [5.74, 6) is 0.0341. The zero-order valence-electron chi connectivity index (χ0n) is 18.0. The number of nitrogens with zero attached hydrogens (tertiary/aromatic N) is 3. The van der Waals surface area contributed by atoms with Crippen molar-refractivity contribution in [3.8, 4) is 17.0 Å². The average molecular weight is 494 g/mol. The number of hydrogen-bond acceptors (Lipinski definition) is 6. The molecule has 3 aromatic rings. The van der Waals surface area contributed by atoms with E-state index in [4.69, 9.17) is 4.74 Å². The number of pyridine rings is 2.